The first-order valence-corrected chi connectivity index (χ1v) is 11.3. The molecule has 6 nitrogen and oxygen atoms in total. The van der Waals surface area contributed by atoms with Crippen LogP contribution in [0, 0.1) is 5.82 Å². The van der Waals surface area contributed by atoms with Gasteiger partial charge >= 0.3 is 6.09 Å². The Bertz CT molecular complexity index is 1190. The fraction of sp³-hybridized carbons (Fsp3) is 0.348. The third-order valence-corrected chi connectivity index (χ3v) is 7.15. The lowest BCUT2D eigenvalue weighted by molar-refractivity contribution is 0.139. The predicted octanol–water partition coefficient (Wildman–Crippen LogP) is 6.15. The zero-order valence-electron chi connectivity index (χ0n) is 17.1. The van der Waals surface area contributed by atoms with E-state index in [4.69, 9.17) is 23.2 Å². The van der Waals surface area contributed by atoms with E-state index >= 15 is 0 Å². The van der Waals surface area contributed by atoms with Gasteiger partial charge in [-0.25, -0.2) is 9.18 Å². The van der Waals surface area contributed by atoms with Crippen molar-refractivity contribution in [2.45, 2.75) is 50.6 Å². The van der Waals surface area contributed by atoms with Crippen LogP contribution in [0.4, 0.5) is 9.18 Å². The molecule has 1 aromatic heterocycles. The zero-order chi connectivity index (χ0) is 22.4. The number of hydrogen-bond donors (Lipinski definition) is 1. The summed E-state index contributed by atoms with van der Waals surface area (Å²) in [5.41, 5.74) is 2.55. The Labute approximate surface area is 194 Å². The van der Waals surface area contributed by atoms with Gasteiger partial charge in [0.15, 0.2) is 5.82 Å². The Kier molecular flexibility index (Phi) is 5.55. The second-order valence-electron chi connectivity index (χ2n) is 8.41. The monoisotopic (exact) mass is 474 g/mol. The molecule has 166 valence electrons. The second-order valence-corrected chi connectivity index (χ2v) is 9.23. The highest BCUT2D eigenvalue weighted by Gasteiger charge is 2.32. The SMILES string of the molecule is O=C(O)N1Cc2cc(Cl)ccc2-n2c(nnc2C2CCC(c3cccc(F)c3Cl)CC2)C1. The number of amides is 1. The maximum Gasteiger partial charge on any atom is 0.408 e. The van der Waals surface area contributed by atoms with Gasteiger partial charge in [-0.1, -0.05) is 35.3 Å². The van der Waals surface area contributed by atoms with Crippen LogP contribution in [0.15, 0.2) is 36.4 Å². The van der Waals surface area contributed by atoms with E-state index in [-0.39, 0.29) is 35.8 Å². The molecule has 1 amide bonds. The highest BCUT2D eigenvalue weighted by atomic mass is 35.5. The van der Waals surface area contributed by atoms with E-state index in [1.807, 2.05) is 16.7 Å². The molecule has 1 N–H and O–H groups in total. The molecule has 1 aliphatic carbocycles. The summed E-state index contributed by atoms with van der Waals surface area (Å²) in [4.78, 5) is 13.1. The Balaban J connectivity index is 1.46. The summed E-state index contributed by atoms with van der Waals surface area (Å²) >= 11 is 12.4. The van der Waals surface area contributed by atoms with Gasteiger partial charge in [-0.15, -0.1) is 10.2 Å². The van der Waals surface area contributed by atoms with Gasteiger partial charge in [-0.2, -0.15) is 0 Å². The molecule has 0 spiro atoms. The molecule has 1 aliphatic heterocycles. The average molecular weight is 475 g/mol. The van der Waals surface area contributed by atoms with Crippen LogP contribution in [0.1, 0.15) is 60.3 Å². The highest BCUT2D eigenvalue weighted by molar-refractivity contribution is 6.31. The zero-order valence-corrected chi connectivity index (χ0v) is 18.7. The molecule has 1 fully saturated rings. The quantitative estimate of drug-likeness (QED) is 0.483. The summed E-state index contributed by atoms with van der Waals surface area (Å²) in [6, 6.07) is 10.5. The number of hydrogen-bond acceptors (Lipinski definition) is 3. The first kappa shape index (κ1) is 21.2. The molecule has 1 saturated carbocycles. The van der Waals surface area contributed by atoms with Crippen molar-refractivity contribution in [3.8, 4) is 5.69 Å². The average Bonchev–Trinajstić information content (AvgIpc) is 3.11. The number of carboxylic acid groups (broad SMARTS) is 1. The molecule has 0 atom stereocenters. The van der Waals surface area contributed by atoms with Crippen LogP contribution in [0.3, 0.4) is 0 Å². The molecule has 0 unspecified atom stereocenters. The fourth-order valence-electron chi connectivity index (χ4n) is 4.92. The van der Waals surface area contributed by atoms with E-state index in [0.717, 1.165) is 48.3 Å². The van der Waals surface area contributed by atoms with E-state index < -0.39 is 6.09 Å². The van der Waals surface area contributed by atoms with E-state index in [0.29, 0.717) is 10.8 Å². The van der Waals surface area contributed by atoms with Gasteiger partial charge in [0.25, 0.3) is 0 Å². The second kappa shape index (κ2) is 8.37. The smallest absolute Gasteiger partial charge is 0.408 e. The number of halogens is 3. The molecule has 0 radical (unpaired) electrons. The van der Waals surface area contributed by atoms with Crippen molar-refractivity contribution in [1.29, 1.82) is 0 Å². The molecule has 3 aromatic rings. The molecule has 2 aliphatic rings. The van der Waals surface area contributed by atoms with Crippen LogP contribution >= 0.6 is 23.2 Å². The highest BCUT2D eigenvalue weighted by Crippen LogP contribution is 2.43. The summed E-state index contributed by atoms with van der Waals surface area (Å²) in [6.45, 7) is 0.391. The number of fused-ring (bicyclic) bond motifs is 3. The Morgan fingerprint density at radius 2 is 1.78 bits per heavy atom. The van der Waals surface area contributed by atoms with Crippen LogP contribution < -0.4 is 0 Å². The summed E-state index contributed by atoms with van der Waals surface area (Å²) in [6.07, 6.45) is 2.44. The van der Waals surface area contributed by atoms with E-state index in [1.54, 1.807) is 18.2 Å². The van der Waals surface area contributed by atoms with Gasteiger partial charge in [-0.05, 0) is 67.0 Å². The van der Waals surface area contributed by atoms with E-state index in [9.17, 15) is 14.3 Å². The van der Waals surface area contributed by atoms with Crippen LogP contribution in [0.5, 0.6) is 0 Å². The van der Waals surface area contributed by atoms with Gasteiger partial charge in [0, 0.05) is 10.9 Å². The molecule has 2 aromatic carbocycles. The molecule has 2 heterocycles. The van der Waals surface area contributed by atoms with Crippen LogP contribution in [-0.4, -0.2) is 30.9 Å². The van der Waals surface area contributed by atoms with Crippen molar-refractivity contribution < 1.29 is 14.3 Å². The Morgan fingerprint density at radius 1 is 1.03 bits per heavy atom. The van der Waals surface area contributed by atoms with Crippen molar-refractivity contribution in [3.05, 3.63) is 75.0 Å². The van der Waals surface area contributed by atoms with E-state index in [1.165, 1.54) is 11.0 Å². The molecule has 32 heavy (non-hydrogen) atoms. The standard InChI is InChI=1S/C23H21Cl2FN4O2/c24-16-8-9-19-15(10-16)11-29(23(31)32)12-20-27-28-22(30(19)20)14-6-4-13(5-7-14)17-2-1-3-18(26)21(17)25/h1-3,8-10,13-14H,4-7,11-12H2,(H,31,32). The van der Waals surface area contributed by atoms with Crippen molar-refractivity contribution in [2.24, 2.45) is 0 Å². The lowest BCUT2D eigenvalue weighted by atomic mass is 9.78. The van der Waals surface area contributed by atoms with Gasteiger partial charge in [0.1, 0.15) is 11.6 Å². The number of rotatable bonds is 2. The fourth-order valence-corrected chi connectivity index (χ4v) is 5.40. The maximum absolute atomic E-state index is 13.9. The number of carbonyl (C=O) groups is 1. The Hall–Kier alpha value is -2.64. The summed E-state index contributed by atoms with van der Waals surface area (Å²) in [5.74, 6) is 1.42. The molecule has 0 bridgehead atoms. The van der Waals surface area contributed by atoms with Crippen molar-refractivity contribution in [3.63, 3.8) is 0 Å². The lowest BCUT2D eigenvalue weighted by Crippen LogP contribution is -2.27. The van der Waals surface area contributed by atoms with Crippen LogP contribution in [0.25, 0.3) is 5.69 Å². The molecular weight excluding hydrogens is 454 g/mol. The Morgan fingerprint density at radius 3 is 2.53 bits per heavy atom. The van der Waals surface area contributed by atoms with Crippen molar-refractivity contribution in [1.82, 2.24) is 19.7 Å². The lowest BCUT2D eigenvalue weighted by Gasteiger charge is -2.29. The molecular formula is C23H21Cl2FN4O2. The minimum absolute atomic E-state index is 0.156. The van der Waals surface area contributed by atoms with Gasteiger partial charge in [-0.3, -0.25) is 9.47 Å². The maximum atomic E-state index is 13.9. The normalized spacial score (nSPS) is 20.4. The molecule has 9 heteroatoms. The first-order valence-electron chi connectivity index (χ1n) is 10.6. The molecule has 0 saturated heterocycles. The van der Waals surface area contributed by atoms with Gasteiger partial charge in [0.2, 0.25) is 0 Å². The summed E-state index contributed by atoms with van der Waals surface area (Å²) in [7, 11) is 0. The third kappa shape index (κ3) is 3.73. The largest absolute Gasteiger partial charge is 0.465 e. The topological polar surface area (TPSA) is 71.2 Å². The van der Waals surface area contributed by atoms with Crippen molar-refractivity contribution in [2.75, 3.05) is 0 Å². The van der Waals surface area contributed by atoms with Crippen LogP contribution in [-0.2, 0) is 13.1 Å². The van der Waals surface area contributed by atoms with Gasteiger partial charge < -0.3 is 5.11 Å². The van der Waals surface area contributed by atoms with Crippen molar-refractivity contribution >= 4 is 29.3 Å². The number of benzene rings is 2. The van der Waals surface area contributed by atoms with Crippen LogP contribution in [0.2, 0.25) is 10.0 Å². The minimum atomic E-state index is -1.01. The van der Waals surface area contributed by atoms with Gasteiger partial charge in [0.05, 0.1) is 23.8 Å². The number of nitrogens with zero attached hydrogens (tertiary/aromatic N) is 4. The minimum Gasteiger partial charge on any atom is -0.465 e. The molecule has 5 rings (SSSR count). The third-order valence-electron chi connectivity index (χ3n) is 6.52. The summed E-state index contributed by atoms with van der Waals surface area (Å²) < 4.78 is 15.9. The predicted molar refractivity (Wildman–Crippen MR) is 119 cm³/mol. The summed E-state index contributed by atoms with van der Waals surface area (Å²) in [5, 5.41) is 19.2. The first-order chi connectivity index (χ1) is 15.4. The number of aromatic nitrogens is 3. The van der Waals surface area contributed by atoms with E-state index in [2.05, 4.69) is 10.2 Å².